The second-order valence-corrected chi connectivity index (χ2v) is 9.37. The summed E-state index contributed by atoms with van der Waals surface area (Å²) in [6.07, 6.45) is 3.73. The van der Waals surface area contributed by atoms with Gasteiger partial charge in [0.2, 0.25) is 0 Å². The van der Waals surface area contributed by atoms with Gasteiger partial charge in [-0.25, -0.2) is 9.78 Å². The standard InChI is InChI=1S/C30H34N2O5/c1-21-17-23(19-22-9-5-4-6-10-22)29-25(18-21)28(24-11-7-8-12-26(24)31-29)30(34)37-20-27(33)32(13-15-35-2)14-16-36-3/h4-12,19,21H,13-18,20H2,1-3H3/b23-19-/t21-/m0/s1. The number of esters is 1. The lowest BCUT2D eigenvalue weighted by Crippen LogP contribution is -2.39. The normalized spacial score (nSPS) is 16.0. The van der Waals surface area contributed by atoms with Gasteiger partial charge < -0.3 is 19.1 Å². The molecule has 7 nitrogen and oxygen atoms in total. The summed E-state index contributed by atoms with van der Waals surface area (Å²) in [6.45, 7) is 3.41. The Bertz CT molecular complexity index is 1260. The van der Waals surface area contributed by atoms with Crippen LogP contribution in [0.1, 0.15) is 40.5 Å². The maximum Gasteiger partial charge on any atom is 0.339 e. The van der Waals surface area contributed by atoms with Crippen molar-refractivity contribution in [3.8, 4) is 0 Å². The second-order valence-electron chi connectivity index (χ2n) is 9.37. The fourth-order valence-electron chi connectivity index (χ4n) is 4.77. The highest BCUT2D eigenvalue weighted by Gasteiger charge is 2.29. The van der Waals surface area contributed by atoms with Crippen LogP contribution in [0.5, 0.6) is 0 Å². The molecule has 0 saturated heterocycles. The van der Waals surface area contributed by atoms with Crippen LogP contribution in [0, 0.1) is 5.92 Å². The number of amides is 1. The first-order valence-corrected chi connectivity index (χ1v) is 12.6. The zero-order chi connectivity index (χ0) is 26.2. The van der Waals surface area contributed by atoms with E-state index in [2.05, 4.69) is 25.1 Å². The fourth-order valence-corrected chi connectivity index (χ4v) is 4.77. The molecule has 0 bridgehead atoms. The summed E-state index contributed by atoms with van der Waals surface area (Å²) in [5, 5.41) is 0.738. The Hall–Kier alpha value is -3.55. The number of para-hydroxylation sites is 1. The molecule has 1 heterocycles. The molecule has 0 N–H and O–H groups in total. The van der Waals surface area contributed by atoms with E-state index in [4.69, 9.17) is 19.2 Å². The van der Waals surface area contributed by atoms with Crippen LogP contribution in [-0.4, -0.2) is 68.9 Å². The number of methoxy groups -OCH3 is 2. The van der Waals surface area contributed by atoms with Gasteiger partial charge in [0.05, 0.1) is 30.0 Å². The van der Waals surface area contributed by atoms with Crippen molar-refractivity contribution in [1.82, 2.24) is 9.88 Å². The van der Waals surface area contributed by atoms with Crippen molar-refractivity contribution in [2.45, 2.75) is 19.8 Å². The number of nitrogens with zero attached hydrogens (tertiary/aromatic N) is 2. The molecule has 0 fully saturated rings. The summed E-state index contributed by atoms with van der Waals surface area (Å²) in [7, 11) is 3.16. The first kappa shape index (κ1) is 26.5. The van der Waals surface area contributed by atoms with Crippen molar-refractivity contribution in [2.75, 3.05) is 47.1 Å². The van der Waals surface area contributed by atoms with Gasteiger partial charge in [-0.3, -0.25) is 4.79 Å². The minimum absolute atomic E-state index is 0.285. The maximum atomic E-state index is 13.6. The third-order valence-corrected chi connectivity index (χ3v) is 6.57. The predicted molar refractivity (Wildman–Crippen MR) is 144 cm³/mol. The molecule has 2 aromatic carbocycles. The van der Waals surface area contributed by atoms with E-state index >= 15 is 0 Å². The molecule has 37 heavy (non-hydrogen) atoms. The number of carbonyl (C=O) groups excluding carboxylic acids is 2. The van der Waals surface area contributed by atoms with Crippen molar-refractivity contribution in [2.24, 2.45) is 5.92 Å². The fraction of sp³-hybridized carbons (Fsp3) is 0.367. The summed E-state index contributed by atoms with van der Waals surface area (Å²) in [5.41, 5.74) is 5.14. The van der Waals surface area contributed by atoms with E-state index in [1.807, 2.05) is 42.5 Å². The van der Waals surface area contributed by atoms with Gasteiger partial charge in [0.25, 0.3) is 5.91 Å². The quantitative estimate of drug-likeness (QED) is 0.376. The Morgan fingerprint density at radius 2 is 1.65 bits per heavy atom. The molecule has 0 aliphatic heterocycles. The molecule has 0 saturated carbocycles. The van der Waals surface area contributed by atoms with E-state index in [0.717, 1.165) is 39.7 Å². The number of aromatic nitrogens is 1. The van der Waals surface area contributed by atoms with Crippen LogP contribution < -0.4 is 0 Å². The van der Waals surface area contributed by atoms with Crippen LogP contribution in [0.2, 0.25) is 0 Å². The molecule has 1 aromatic heterocycles. The number of hydrogen-bond donors (Lipinski definition) is 0. The summed E-state index contributed by atoms with van der Waals surface area (Å²) < 4.78 is 15.9. The van der Waals surface area contributed by atoms with Crippen LogP contribution in [0.15, 0.2) is 54.6 Å². The summed E-state index contributed by atoms with van der Waals surface area (Å²) in [5.74, 6) is -0.459. The lowest BCUT2D eigenvalue weighted by atomic mass is 9.80. The van der Waals surface area contributed by atoms with Crippen molar-refractivity contribution in [1.29, 1.82) is 0 Å². The Balaban J connectivity index is 1.67. The number of carbonyl (C=O) groups is 2. The summed E-state index contributed by atoms with van der Waals surface area (Å²) in [6, 6.07) is 17.7. The molecule has 1 aliphatic carbocycles. The monoisotopic (exact) mass is 502 g/mol. The number of fused-ring (bicyclic) bond motifs is 2. The van der Waals surface area contributed by atoms with Gasteiger partial charge in [-0.05, 0) is 47.6 Å². The van der Waals surface area contributed by atoms with E-state index in [1.54, 1.807) is 19.1 Å². The van der Waals surface area contributed by atoms with Crippen molar-refractivity contribution in [3.05, 3.63) is 77.0 Å². The minimum Gasteiger partial charge on any atom is -0.452 e. The van der Waals surface area contributed by atoms with Crippen LogP contribution >= 0.6 is 0 Å². The first-order valence-electron chi connectivity index (χ1n) is 12.6. The number of ether oxygens (including phenoxy) is 3. The second kappa shape index (κ2) is 12.6. The number of allylic oxidation sites excluding steroid dienone is 1. The van der Waals surface area contributed by atoms with E-state index in [1.165, 1.54) is 0 Å². The average Bonchev–Trinajstić information content (AvgIpc) is 2.91. The van der Waals surface area contributed by atoms with Crippen molar-refractivity contribution >= 4 is 34.4 Å². The van der Waals surface area contributed by atoms with E-state index in [0.29, 0.717) is 44.2 Å². The van der Waals surface area contributed by atoms with Crippen LogP contribution in [0.25, 0.3) is 22.6 Å². The summed E-state index contributed by atoms with van der Waals surface area (Å²) >= 11 is 0. The van der Waals surface area contributed by atoms with Gasteiger partial charge in [0, 0.05) is 32.7 Å². The zero-order valence-corrected chi connectivity index (χ0v) is 21.7. The molecule has 1 amide bonds. The van der Waals surface area contributed by atoms with Crippen molar-refractivity contribution in [3.63, 3.8) is 0 Å². The highest BCUT2D eigenvalue weighted by Crippen LogP contribution is 2.38. The Morgan fingerprint density at radius 3 is 2.35 bits per heavy atom. The van der Waals surface area contributed by atoms with Gasteiger partial charge >= 0.3 is 5.97 Å². The predicted octanol–water partition coefficient (Wildman–Crippen LogP) is 4.64. The third kappa shape index (κ3) is 6.42. The summed E-state index contributed by atoms with van der Waals surface area (Å²) in [4.78, 5) is 33.0. The molecular formula is C30H34N2O5. The van der Waals surface area contributed by atoms with Crippen LogP contribution in [-0.2, 0) is 25.4 Å². The number of benzene rings is 2. The third-order valence-electron chi connectivity index (χ3n) is 6.57. The molecule has 0 spiro atoms. The lowest BCUT2D eigenvalue weighted by Gasteiger charge is -2.27. The Kier molecular flexibility index (Phi) is 9.04. The first-order chi connectivity index (χ1) is 18.0. The molecule has 0 radical (unpaired) electrons. The molecule has 7 heteroatoms. The largest absolute Gasteiger partial charge is 0.452 e. The van der Waals surface area contributed by atoms with Crippen molar-refractivity contribution < 1.29 is 23.8 Å². The maximum absolute atomic E-state index is 13.6. The molecule has 1 atom stereocenters. The zero-order valence-electron chi connectivity index (χ0n) is 21.7. The molecule has 4 rings (SSSR count). The number of rotatable bonds is 10. The van der Waals surface area contributed by atoms with Gasteiger partial charge in [-0.15, -0.1) is 0 Å². The van der Waals surface area contributed by atoms with E-state index < -0.39 is 5.97 Å². The highest BCUT2D eigenvalue weighted by atomic mass is 16.5. The molecule has 3 aromatic rings. The smallest absolute Gasteiger partial charge is 0.339 e. The average molecular weight is 503 g/mol. The van der Waals surface area contributed by atoms with Crippen LogP contribution in [0.3, 0.4) is 0 Å². The number of pyridine rings is 1. The molecular weight excluding hydrogens is 468 g/mol. The van der Waals surface area contributed by atoms with Gasteiger partial charge in [0.1, 0.15) is 0 Å². The molecule has 194 valence electrons. The van der Waals surface area contributed by atoms with E-state index in [-0.39, 0.29) is 12.5 Å². The number of hydrogen-bond acceptors (Lipinski definition) is 6. The Morgan fingerprint density at radius 1 is 0.973 bits per heavy atom. The van der Waals surface area contributed by atoms with E-state index in [9.17, 15) is 9.59 Å². The minimum atomic E-state index is -0.505. The molecule has 1 aliphatic rings. The van der Waals surface area contributed by atoms with Crippen LogP contribution in [0.4, 0.5) is 0 Å². The lowest BCUT2D eigenvalue weighted by molar-refractivity contribution is -0.135. The van der Waals surface area contributed by atoms with Gasteiger partial charge in [0.15, 0.2) is 6.61 Å². The Labute approximate surface area is 218 Å². The topological polar surface area (TPSA) is 78.0 Å². The van der Waals surface area contributed by atoms with Gasteiger partial charge in [-0.1, -0.05) is 55.5 Å². The van der Waals surface area contributed by atoms with Gasteiger partial charge in [-0.2, -0.15) is 0 Å². The molecule has 0 unspecified atom stereocenters. The highest BCUT2D eigenvalue weighted by molar-refractivity contribution is 6.07. The SMILES string of the molecule is COCCN(CCOC)C(=O)COC(=O)c1c2c(nc3ccccc13)/C(=C\c1ccccc1)C[C@H](C)C2.